The van der Waals surface area contributed by atoms with Crippen molar-refractivity contribution < 1.29 is 28.9 Å². The van der Waals surface area contributed by atoms with Gasteiger partial charge in [-0.1, -0.05) is 36.4 Å². The Morgan fingerprint density at radius 1 is 1.10 bits per heavy atom. The first-order chi connectivity index (χ1) is 14.5. The second-order valence-corrected chi connectivity index (χ2v) is 7.03. The molecule has 1 aliphatic heterocycles. The summed E-state index contributed by atoms with van der Waals surface area (Å²) in [6.45, 7) is 0.151. The second kappa shape index (κ2) is 8.52. The maximum absolute atomic E-state index is 12.9. The summed E-state index contributed by atoms with van der Waals surface area (Å²) in [4.78, 5) is 24.5. The molecule has 0 saturated heterocycles. The summed E-state index contributed by atoms with van der Waals surface area (Å²) in [5, 5.41) is 19.0. The molecule has 0 spiro atoms. The highest BCUT2D eigenvalue weighted by molar-refractivity contribution is 5.84. The Kier molecular flexibility index (Phi) is 5.65. The maximum Gasteiger partial charge on any atom is 0.370 e. The number of benzene rings is 2. The van der Waals surface area contributed by atoms with Gasteiger partial charge in [0.15, 0.2) is 5.43 Å². The highest BCUT2D eigenvalue weighted by Crippen LogP contribution is 2.31. The van der Waals surface area contributed by atoms with Gasteiger partial charge in [-0.15, -0.1) is 0 Å². The fourth-order valence-corrected chi connectivity index (χ4v) is 3.41. The lowest BCUT2D eigenvalue weighted by Crippen LogP contribution is -2.28. The third kappa shape index (κ3) is 4.12. The minimum Gasteiger partial charge on any atom is -0.475 e. The highest BCUT2D eigenvalue weighted by atomic mass is 16.7. The number of para-hydroxylation sites is 1. The predicted molar refractivity (Wildman–Crippen MR) is 108 cm³/mol. The van der Waals surface area contributed by atoms with E-state index in [4.69, 9.17) is 19.0 Å². The lowest BCUT2D eigenvalue weighted by molar-refractivity contribution is -0.160. The molecule has 4 rings (SSSR count). The van der Waals surface area contributed by atoms with Gasteiger partial charge in [-0.25, -0.2) is 4.79 Å². The van der Waals surface area contributed by atoms with Gasteiger partial charge in [-0.2, -0.15) is 0 Å². The smallest absolute Gasteiger partial charge is 0.370 e. The van der Waals surface area contributed by atoms with Gasteiger partial charge in [-0.3, -0.25) is 4.79 Å². The minimum atomic E-state index is -1.23. The molecule has 1 aliphatic rings. The molecule has 0 fully saturated rings. The van der Waals surface area contributed by atoms with Gasteiger partial charge in [0.25, 0.3) is 0 Å². The van der Waals surface area contributed by atoms with Crippen LogP contribution in [0.15, 0.2) is 75.8 Å². The number of carbonyl (C=O) groups is 1. The van der Waals surface area contributed by atoms with Crippen molar-refractivity contribution in [2.45, 2.75) is 31.8 Å². The van der Waals surface area contributed by atoms with Crippen LogP contribution < -0.4 is 5.43 Å². The Hall–Kier alpha value is -3.42. The van der Waals surface area contributed by atoms with Crippen LogP contribution in [0.4, 0.5) is 0 Å². The van der Waals surface area contributed by atoms with Crippen LogP contribution in [0.2, 0.25) is 0 Å². The molecule has 7 heteroatoms. The Balaban J connectivity index is 1.57. The summed E-state index contributed by atoms with van der Waals surface area (Å²) in [5.41, 5.74) is 2.26. The van der Waals surface area contributed by atoms with Crippen molar-refractivity contribution >= 4 is 16.9 Å². The molecule has 0 unspecified atom stereocenters. The fourth-order valence-electron chi connectivity index (χ4n) is 3.41. The number of allylic oxidation sites excluding steroid dienone is 1. The number of carboxylic acid groups (broad SMARTS) is 1. The molecule has 30 heavy (non-hydrogen) atoms. The fraction of sp³-hybridized carbons (Fsp3) is 0.217. The molecule has 2 atom stereocenters. The number of hydrogen-bond acceptors (Lipinski definition) is 6. The molecule has 2 N–H and O–H groups in total. The zero-order chi connectivity index (χ0) is 21.1. The van der Waals surface area contributed by atoms with Crippen molar-refractivity contribution in [3.05, 3.63) is 93.5 Å². The van der Waals surface area contributed by atoms with Crippen molar-refractivity contribution in [1.82, 2.24) is 0 Å². The van der Waals surface area contributed by atoms with Crippen molar-refractivity contribution in [3.8, 4) is 0 Å². The van der Waals surface area contributed by atoms with Crippen molar-refractivity contribution in [3.63, 3.8) is 0 Å². The first-order valence-electron chi connectivity index (χ1n) is 9.47. The number of aliphatic hydroxyl groups is 1. The number of fused-ring (bicyclic) bond motifs is 1. The molecule has 154 valence electrons. The SMILES string of the molecule is O=C(O)C1=C[C@@H](c2coc3ccccc3c2=O)C[C@@H](OCc2ccc(CO)cc2)O1. The summed E-state index contributed by atoms with van der Waals surface area (Å²) >= 11 is 0. The standard InChI is InChI=1S/C23H20O7/c24-11-14-5-7-15(8-6-14)12-29-21-10-16(9-20(30-21)23(26)27)18-13-28-19-4-2-1-3-17(19)22(18)25/h1-9,13,16,21,24H,10-12H2,(H,26,27)/t16-,21+/m1/s1. The van der Waals surface area contributed by atoms with E-state index in [2.05, 4.69) is 0 Å². The van der Waals surface area contributed by atoms with Gasteiger partial charge in [-0.05, 0) is 29.3 Å². The van der Waals surface area contributed by atoms with Crippen LogP contribution in [0.5, 0.6) is 0 Å². The van der Waals surface area contributed by atoms with E-state index in [1.54, 1.807) is 36.4 Å². The monoisotopic (exact) mass is 408 g/mol. The summed E-state index contributed by atoms with van der Waals surface area (Å²) < 4.78 is 16.8. The zero-order valence-corrected chi connectivity index (χ0v) is 16.0. The number of aliphatic carboxylic acids is 1. The summed E-state index contributed by atoms with van der Waals surface area (Å²) in [6, 6.07) is 14.1. The van der Waals surface area contributed by atoms with Gasteiger partial charge < -0.3 is 24.1 Å². The van der Waals surface area contributed by atoms with E-state index >= 15 is 0 Å². The van der Waals surface area contributed by atoms with E-state index in [0.717, 1.165) is 11.1 Å². The number of carboxylic acids is 1. The van der Waals surface area contributed by atoms with Crippen molar-refractivity contribution in [2.24, 2.45) is 0 Å². The van der Waals surface area contributed by atoms with Gasteiger partial charge in [0.05, 0.1) is 24.9 Å². The molecule has 0 aliphatic carbocycles. The maximum atomic E-state index is 12.9. The molecule has 0 saturated carbocycles. The Morgan fingerprint density at radius 2 is 1.83 bits per heavy atom. The normalized spacial score (nSPS) is 18.6. The zero-order valence-electron chi connectivity index (χ0n) is 16.0. The van der Waals surface area contributed by atoms with Gasteiger partial charge in [0.1, 0.15) is 5.58 Å². The third-order valence-corrected chi connectivity index (χ3v) is 5.02. The summed E-state index contributed by atoms with van der Waals surface area (Å²) in [6.07, 6.45) is 2.23. The van der Waals surface area contributed by atoms with E-state index in [0.29, 0.717) is 16.5 Å². The van der Waals surface area contributed by atoms with Crippen LogP contribution >= 0.6 is 0 Å². The Morgan fingerprint density at radius 3 is 2.57 bits per heavy atom. The number of hydrogen-bond donors (Lipinski definition) is 2. The third-order valence-electron chi connectivity index (χ3n) is 5.02. The van der Waals surface area contributed by atoms with Crippen LogP contribution in [0.3, 0.4) is 0 Å². The average molecular weight is 408 g/mol. The first kappa shape index (κ1) is 19.9. The predicted octanol–water partition coefficient (Wildman–Crippen LogP) is 3.30. The van der Waals surface area contributed by atoms with Crippen LogP contribution in [0.1, 0.15) is 29.0 Å². The van der Waals surface area contributed by atoms with E-state index in [1.165, 1.54) is 12.3 Å². The average Bonchev–Trinajstić information content (AvgIpc) is 2.78. The quantitative estimate of drug-likeness (QED) is 0.644. The van der Waals surface area contributed by atoms with Crippen molar-refractivity contribution in [1.29, 1.82) is 0 Å². The molecule has 0 radical (unpaired) electrons. The van der Waals surface area contributed by atoms with Crippen LogP contribution in [-0.2, 0) is 27.5 Å². The second-order valence-electron chi connectivity index (χ2n) is 7.03. The lowest BCUT2D eigenvalue weighted by Gasteiger charge is -2.28. The first-order valence-corrected chi connectivity index (χ1v) is 9.47. The molecule has 0 amide bonds. The highest BCUT2D eigenvalue weighted by Gasteiger charge is 2.30. The molecule has 7 nitrogen and oxygen atoms in total. The largest absolute Gasteiger partial charge is 0.475 e. The molecule has 1 aromatic heterocycles. The Labute approximate surface area is 171 Å². The number of rotatable bonds is 6. The molecular weight excluding hydrogens is 388 g/mol. The van der Waals surface area contributed by atoms with E-state index in [1.807, 2.05) is 12.1 Å². The molecular formula is C23H20O7. The number of aliphatic hydroxyl groups excluding tert-OH is 1. The topological polar surface area (TPSA) is 106 Å². The van der Waals surface area contributed by atoms with E-state index in [-0.39, 0.29) is 30.8 Å². The van der Waals surface area contributed by atoms with Crippen LogP contribution in [0.25, 0.3) is 11.0 Å². The molecule has 3 aromatic rings. The molecule has 2 aromatic carbocycles. The lowest BCUT2D eigenvalue weighted by atomic mass is 9.93. The van der Waals surface area contributed by atoms with Crippen molar-refractivity contribution in [2.75, 3.05) is 0 Å². The Bertz CT molecular complexity index is 1140. The minimum absolute atomic E-state index is 0.0460. The van der Waals surface area contributed by atoms with Crippen LogP contribution in [0, 0.1) is 0 Å². The van der Waals surface area contributed by atoms with Crippen LogP contribution in [-0.4, -0.2) is 22.5 Å². The number of ether oxygens (including phenoxy) is 2. The van der Waals surface area contributed by atoms with E-state index < -0.39 is 18.2 Å². The summed E-state index contributed by atoms with van der Waals surface area (Å²) in [5.74, 6) is -2.02. The molecule has 0 bridgehead atoms. The molecule has 2 heterocycles. The van der Waals surface area contributed by atoms with Gasteiger partial charge in [0.2, 0.25) is 12.0 Å². The summed E-state index contributed by atoms with van der Waals surface area (Å²) in [7, 11) is 0. The van der Waals surface area contributed by atoms with E-state index in [9.17, 15) is 14.7 Å². The van der Waals surface area contributed by atoms with Gasteiger partial charge in [0, 0.05) is 17.9 Å². The van der Waals surface area contributed by atoms with Gasteiger partial charge >= 0.3 is 5.97 Å².